The van der Waals surface area contributed by atoms with Gasteiger partial charge in [0.2, 0.25) is 10.0 Å². The van der Waals surface area contributed by atoms with Gasteiger partial charge in [-0.1, -0.05) is 6.07 Å². The van der Waals surface area contributed by atoms with Crippen LogP contribution in [-0.2, 0) is 10.0 Å². The molecule has 106 valence electrons. The SMILES string of the molecule is CS(=O)(=O)Nc1cccc(C(=O)NCC(F)(F)F)c1. The summed E-state index contributed by atoms with van der Waals surface area (Å²) >= 11 is 0. The molecule has 2 N–H and O–H groups in total. The molecule has 0 aliphatic carbocycles. The highest BCUT2D eigenvalue weighted by molar-refractivity contribution is 7.92. The van der Waals surface area contributed by atoms with Gasteiger partial charge in [-0.3, -0.25) is 9.52 Å². The summed E-state index contributed by atoms with van der Waals surface area (Å²) in [5, 5.41) is 1.69. The molecule has 0 bridgehead atoms. The third-order valence-corrected chi connectivity index (χ3v) is 2.48. The lowest BCUT2D eigenvalue weighted by Crippen LogP contribution is -2.33. The first kappa shape index (κ1) is 15.3. The van der Waals surface area contributed by atoms with Crippen LogP contribution >= 0.6 is 0 Å². The Labute approximate surface area is 107 Å². The molecule has 9 heteroatoms. The van der Waals surface area contributed by atoms with Crippen molar-refractivity contribution in [1.82, 2.24) is 5.32 Å². The number of hydrogen-bond donors (Lipinski definition) is 2. The van der Waals surface area contributed by atoms with Crippen molar-refractivity contribution in [2.45, 2.75) is 6.18 Å². The van der Waals surface area contributed by atoms with Gasteiger partial charge in [-0.25, -0.2) is 8.42 Å². The Balaban J connectivity index is 2.79. The van der Waals surface area contributed by atoms with Gasteiger partial charge in [0.15, 0.2) is 0 Å². The van der Waals surface area contributed by atoms with Crippen LogP contribution in [0.25, 0.3) is 0 Å². The van der Waals surface area contributed by atoms with E-state index in [1.54, 1.807) is 5.32 Å². The molecule has 0 atom stereocenters. The van der Waals surface area contributed by atoms with Crippen LogP contribution in [0.15, 0.2) is 24.3 Å². The van der Waals surface area contributed by atoms with Gasteiger partial charge in [0.05, 0.1) is 6.26 Å². The smallest absolute Gasteiger partial charge is 0.343 e. The van der Waals surface area contributed by atoms with E-state index in [1.165, 1.54) is 18.2 Å². The number of benzene rings is 1. The summed E-state index contributed by atoms with van der Waals surface area (Å²) in [6, 6.07) is 5.16. The summed E-state index contributed by atoms with van der Waals surface area (Å²) in [4.78, 5) is 11.4. The average molecular weight is 296 g/mol. The quantitative estimate of drug-likeness (QED) is 0.880. The number of carbonyl (C=O) groups is 1. The van der Waals surface area contributed by atoms with Crippen molar-refractivity contribution in [1.29, 1.82) is 0 Å². The topological polar surface area (TPSA) is 75.3 Å². The van der Waals surface area contributed by atoms with Crippen molar-refractivity contribution in [3.05, 3.63) is 29.8 Å². The Morgan fingerprint density at radius 1 is 1.32 bits per heavy atom. The minimum absolute atomic E-state index is 0.0714. The zero-order valence-electron chi connectivity index (χ0n) is 9.78. The lowest BCUT2D eigenvalue weighted by Gasteiger charge is -2.09. The van der Waals surface area contributed by atoms with E-state index in [4.69, 9.17) is 0 Å². The van der Waals surface area contributed by atoms with Gasteiger partial charge in [-0.15, -0.1) is 0 Å². The minimum atomic E-state index is -4.50. The van der Waals surface area contributed by atoms with Crippen LogP contribution in [-0.4, -0.2) is 33.3 Å². The molecular formula is C10H11F3N2O3S. The van der Waals surface area contributed by atoms with Gasteiger partial charge >= 0.3 is 6.18 Å². The highest BCUT2D eigenvalue weighted by Crippen LogP contribution is 2.14. The Kier molecular flexibility index (Phi) is 4.40. The van der Waals surface area contributed by atoms with Gasteiger partial charge in [-0.2, -0.15) is 13.2 Å². The highest BCUT2D eigenvalue weighted by Gasteiger charge is 2.27. The average Bonchev–Trinajstić information content (AvgIpc) is 2.23. The van der Waals surface area contributed by atoms with Gasteiger partial charge in [-0.05, 0) is 18.2 Å². The van der Waals surface area contributed by atoms with Crippen molar-refractivity contribution < 1.29 is 26.4 Å². The van der Waals surface area contributed by atoms with E-state index in [0.717, 1.165) is 12.3 Å². The third-order valence-electron chi connectivity index (χ3n) is 1.88. The van der Waals surface area contributed by atoms with Crippen LogP contribution < -0.4 is 10.0 Å². The molecule has 0 saturated heterocycles. The Bertz CT molecular complexity index is 570. The summed E-state index contributed by atoms with van der Waals surface area (Å²) in [5.74, 6) is -0.936. The number of alkyl halides is 3. The van der Waals surface area contributed by atoms with Gasteiger partial charge < -0.3 is 5.32 Å². The summed E-state index contributed by atoms with van der Waals surface area (Å²) in [5.41, 5.74) is 0.0278. The molecule has 0 saturated carbocycles. The number of sulfonamides is 1. The lowest BCUT2D eigenvalue weighted by molar-refractivity contribution is -0.123. The number of carbonyl (C=O) groups excluding carboxylic acids is 1. The predicted molar refractivity (Wildman–Crippen MR) is 63.3 cm³/mol. The molecule has 0 heterocycles. The lowest BCUT2D eigenvalue weighted by atomic mass is 10.2. The first-order valence-corrected chi connectivity index (χ1v) is 6.89. The van der Waals surface area contributed by atoms with Crippen molar-refractivity contribution in [3.63, 3.8) is 0 Å². The molecule has 1 aromatic rings. The zero-order valence-corrected chi connectivity index (χ0v) is 10.6. The van der Waals surface area contributed by atoms with Crippen LogP contribution in [0.4, 0.5) is 18.9 Å². The molecule has 0 spiro atoms. The van der Waals surface area contributed by atoms with Gasteiger partial charge in [0.1, 0.15) is 6.54 Å². The molecule has 0 aliphatic heterocycles. The standard InChI is InChI=1S/C10H11F3N2O3S/c1-19(17,18)15-8-4-2-3-7(5-8)9(16)14-6-10(11,12)13/h2-5,15H,6H2,1H3,(H,14,16). The number of amides is 1. The van der Waals surface area contributed by atoms with Crippen LogP contribution in [0.3, 0.4) is 0 Å². The second-order valence-corrected chi connectivity index (χ2v) is 5.50. The fourth-order valence-electron chi connectivity index (χ4n) is 1.22. The second-order valence-electron chi connectivity index (χ2n) is 3.75. The molecule has 0 fully saturated rings. The Morgan fingerprint density at radius 3 is 2.47 bits per heavy atom. The largest absolute Gasteiger partial charge is 0.405 e. The number of hydrogen-bond acceptors (Lipinski definition) is 3. The maximum Gasteiger partial charge on any atom is 0.405 e. The third kappa shape index (κ3) is 6.09. The maximum atomic E-state index is 11.9. The van der Waals surface area contributed by atoms with E-state index in [-0.39, 0.29) is 11.3 Å². The van der Waals surface area contributed by atoms with Crippen LogP contribution in [0.1, 0.15) is 10.4 Å². The fourth-order valence-corrected chi connectivity index (χ4v) is 1.78. The predicted octanol–water partition coefficient (Wildman–Crippen LogP) is 1.35. The summed E-state index contributed by atoms with van der Waals surface area (Å²) in [6.45, 7) is -1.45. The van der Waals surface area contributed by atoms with Crippen molar-refractivity contribution >= 4 is 21.6 Å². The van der Waals surface area contributed by atoms with E-state index in [1.807, 2.05) is 0 Å². The summed E-state index contributed by atoms with van der Waals surface area (Å²) in [7, 11) is -3.52. The van der Waals surface area contributed by atoms with Crippen molar-refractivity contribution in [2.75, 3.05) is 17.5 Å². The van der Waals surface area contributed by atoms with E-state index < -0.39 is 28.7 Å². The Hall–Kier alpha value is -1.77. The highest BCUT2D eigenvalue weighted by atomic mass is 32.2. The first-order chi connectivity index (χ1) is 8.57. The van der Waals surface area contributed by atoms with Gasteiger partial charge in [0, 0.05) is 11.3 Å². The Morgan fingerprint density at radius 2 is 1.95 bits per heavy atom. The molecule has 0 aromatic heterocycles. The van der Waals surface area contributed by atoms with E-state index in [0.29, 0.717) is 0 Å². The second kappa shape index (κ2) is 5.47. The monoisotopic (exact) mass is 296 g/mol. The number of halogens is 3. The van der Waals surface area contributed by atoms with Crippen LogP contribution in [0, 0.1) is 0 Å². The fraction of sp³-hybridized carbons (Fsp3) is 0.300. The molecule has 0 radical (unpaired) electrons. The maximum absolute atomic E-state index is 11.9. The van der Waals surface area contributed by atoms with E-state index in [9.17, 15) is 26.4 Å². The minimum Gasteiger partial charge on any atom is -0.343 e. The van der Waals surface area contributed by atoms with Crippen molar-refractivity contribution in [2.24, 2.45) is 0 Å². The number of anilines is 1. The molecule has 1 aromatic carbocycles. The summed E-state index contributed by atoms with van der Waals surface area (Å²) in [6.07, 6.45) is -3.58. The van der Waals surface area contributed by atoms with Crippen molar-refractivity contribution in [3.8, 4) is 0 Å². The van der Waals surface area contributed by atoms with Gasteiger partial charge in [0.25, 0.3) is 5.91 Å². The number of rotatable bonds is 4. The van der Waals surface area contributed by atoms with Crippen LogP contribution in [0.2, 0.25) is 0 Å². The summed E-state index contributed by atoms with van der Waals surface area (Å²) < 4.78 is 59.9. The molecule has 0 aliphatic rings. The molecule has 5 nitrogen and oxygen atoms in total. The van der Waals surface area contributed by atoms with E-state index >= 15 is 0 Å². The zero-order chi connectivity index (χ0) is 14.7. The molecule has 19 heavy (non-hydrogen) atoms. The number of nitrogens with one attached hydrogen (secondary N) is 2. The van der Waals surface area contributed by atoms with E-state index in [2.05, 4.69) is 4.72 Å². The van der Waals surface area contributed by atoms with Crippen LogP contribution in [0.5, 0.6) is 0 Å². The molecule has 0 unspecified atom stereocenters. The molecule has 1 amide bonds. The molecule has 1 rings (SSSR count). The molecular weight excluding hydrogens is 285 g/mol. The normalized spacial score (nSPS) is 12.0. The first-order valence-electron chi connectivity index (χ1n) is 5.00.